The lowest BCUT2D eigenvalue weighted by Crippen LogP contribution is -2.29. The summed E-state index contributed by atoms with van der Waals surface area (Å²) < 4.78 is 6.43. The highest BCUT2D eigenvalue weighted by Gasteiger charge is 2.42. The number of furan rings is 1. The van der Waals surface area contributed by atoms with E-state index in [0.29, 0.717) is 15.8 Å². The third-order valence-electron chi connectivity index (χ3n) is 6.02. The van der Waals surface area contributed by atoms with Crippen molar-refractivity contribution in [1.29, 1.82) is 0 Å². The highest BCUT2D eigenvalue weighted by molar-refractivity contribution is 7.80. The molecular weight excluding hydrogens is 480 g/mol. The zero-order valence-corrected chi connectivity index (χ0v) is 20.7. The number of halogens is 1. The van der Waals surface area contributed by atoms with Crippen molar-refractivity contribution in [3.05, 3.63) is 101 Å². The maximum Gasteiger partial charge on any atom is 0.221 e. The van der Waals surface area contributed by atoms with Crippen LogP contribution < -0.4 is 15.5 Å². The molecule has 2 aromatic heterocycles. The number of pyridine rings is 1. The van der Waals surface area contributed by atoms with Gasteiger partial charge in [0.1, 0.15) is 17.6 Å². The van der Waals surface area contributed by atoms with Crippen LogP contribution in [0.15, 0.2) is 83.4 Å². The Morgan fingerprint density at radius 1 is 1.09 bits per heavy atom. The van der Waals surface area contributed by atoms with E-state index >= 15 is 0 Å². The molecule has 35 heavy (non-hydrogen) atoms. The van der Waals surface area contributed by atoms with Gasteiger partial charge < -0.3 is 20.0 Å². The van der Waals surface area contributed by atoms with Gasteiger partial charge >= 0.3 is 0 Å². The summed E-state index contributed by atoms with van der Waals surface area (Å²) in [7, 11) is 0. The van der Waals surface area contributed by atoms with E-state index in [4.69, 9.17) is 28.2 Å². The molecule has 0 saturated carbocycles. The molecule has 6 nitrogen and oxygen atoms in total. The van der Waals surface area contributed by atoms with Crippen LogP contribution in [0.25, 0.3) is 11.3 Å². The lowest BCUT2D eigenvalue weighted by atomic mass is 10.0. The first kappa shape index (κ1) is 23.1. The number of rotatable bonds is 5. The van der Waals surface area contributed by atoms with Crippen molar-refractivity contribution in [1.82, 2.24) is 10.3 Å². The fraction of sp³-hybridized carbons (Fsp3) is 0.148. The molecule has 0 bridgehead atoms. The predicted molar refractivity (Wildman–Crippen MR) is 143 cm³/mol. The van der Waals surface area contributed by atoms with E-state index in [-0.39, 0.29) is 18.0 Å². The third-order valence-corrected chi connectivity index (χ3v) is 6.74. The van der Waals surface area contributed by atoms with Crippen molar-refractivity contribution in [2.45, 2.75) is 25.9 Å². The Bertz CT molecular complexity index is 1390. The van der Waals surface area contributed by atoms with Crippen LogP contribution in [0.1, 0.15) is 36.0 Å². The molecular formula is C27H23ClN4O2S. The summed E-state index contributed by atoms with van der Waals surface area (Å²) in [6, 6.07) is 22.6. The molecule has 1 fully saturated rings. The zero-order valence-electron chi connectivity index (χ0n) is 19.2. The van der Waals surface area contributed by atoms with Gasteiger partial charge in [-0.25, -0.2) is 0 Å². The molecule has 8 heteroatoms. The number of aromatic nitrogens is 1. The molecule has 5 rings (SSSR count). The number of amides is 1. The van der Waals surface area contributed by atoms with Crippen molar-refractivity contribution < 1.29 is 9.21 Å². The normalized spacial score (nSPS) is 17.3. The van der Waals surface area contributed by atoms with Gasteiger partial charge in [-0.2, -0.15) is 0 Å². The van der Waals surface area contributed by atoms with Gasteiger partial charge in [0.15, 0.2) is 5.11 Å². The molecule has 0 spiro atoms. The standard InChI is InChI=1S/C27H23ClN4O2S/c1-16-20(6-5-7-21(16)28)23-13-14-24(34-23)26-25(22-8-3-4-15-29-22)31-27(35)32(26)19-11-9-18(10-12-19)30-17(2)33/h3-15,25-26H,1-2H3,(H,30,33)(H,31,35)/t25-,26+/m0/s1. The monoisotopic (exact) mass is 502 g/mol. The Kier molecular flexibility index (Phi) is 6.28. The average Bonchev–Trinajstić information content (AvgIpc) is 3.46. The number of carbonyl (C=O) groups is 1. The van der Waals surface area contributed by atoms with Gasteiger partial charge in [0.25, 0.3) is 0 Å². The SMILES string of the molecule is CC(=O)Nc1ccc(N2C(=S)N[C@@H](c3ccccn3)[C@H]2c2ccc(-c3cccc(Cl)c3C)o2)cc1. The molecule has 2 atom stereocenters. The van der Waals surface area contributed by atoms with E-state index in [1.165, 1.54) is 6.92 Å². The Labute approximate surface area is 213 Å². The Balaban J connectivity index is 1.57. The highest BCUT2D eigenvalue weighted by atomic mass is 35.5. The Morgan fingerprint density at radius 2 is 1.89 bits per heavy atom. The van der Waals surface area contributed by atoms with E-state index in [1.54, 1.807) is 6.20 Å². The molecule has 176 valence electrons. The minimum atomic E-state index is -0.280. The van der Waals surface area contributed by atoms with Crippen LogP contribution in [0.2, 0.25) is 5.02 Å². The topological polar surface area (TPSA) is 70.4 Å². The molecule has 1 aliphatic heterocycles. The second kappa shape index (κ2) is 9.52. The summed E-state index contributed by atoms with van der Waals surface area (Å²) in [4.78, 5) is 18.0. The summed E-state index contributed by atoms with van der Waals surface area (Å²) in [5, 5.41) is 7.48. The minimum absolute atomic E-state index is 0.122. The number of anilines is 2. The van der Waals surface area contributed by atoms with Crippen molar-refractivity contribution in [3.8, 4) is 11.3 Å². The number of benzene rings is 2. The second-order valence-electron chi connectivity index (χ2n) is 8.34. The first-order chi connectivity index (χ1) is 16.9. The van der Waals surface area contributed by atoms with Crippen LogP contribution >= 0.6 is 23.8 Å². The molecule has 0 radical (unpaired) electrons. The Hall–Kier alpha value is -3.68. The maximum absolute atomic E-state index is 11.4. The number of hydrogen-bond donors (Lipinski definition) is 2. The van der Waals surface area contributed by atoms with Crippen LogP contribution in [0.4, 0.5) is 11.4 Å². The molecule has 1 saturated heterocycles. The van der Waals surface area contributed by atoms with Crippen LogP contribution in [0, 0.1) is 6.92 Å². The molecule has 1 aliphatic rings. The fourth-order valence-electron chi connectivity index (χ4n) is 4.36. The number of hydrogen-bond acceptors (Lipinski definition) is 4. The molecule has 2 N–H and O–H groups in total. The van der Waals surface area contributed by atoms with Crippen LogP contribution in [0.3, 0.4) is 0 Å². The van der Waals surface area contributed by atoms with Crippen LogP contribution in [-0.4, -0.2) is 16.0 Å². The largest absolute Gasteiger partial charge is 0.459 e. The smallest absolute Gasteiger partial charge is 0.221 e. The Morgan fingerprint density at radius 3 is 2.60 bits per heavy atom. The predicted octanol–water partition coefficient (Wildman–Crippen LogP) is 6.44. The van der Waals surface area contributed by atoms with E-state index in [1.807, 2.05) is 84.6 Å². The first-order valence-corrected chi connectivity index (χ1v) is 11.9. The number of thiocarbonyl (C=S) groups is 1. The molecule has 3 heterocycles. The first-order valence-electron chi connectivity index (χ1n) is 11.2. The number of nitrogens with zero attached hydrogens (tertiary/aromatic N) is 2. The zero-order chi connectivity index (χ0) is 24.5. The second-order valence-corrected chi connectivity index (χ2v) is 9.13. The lowest BCUT2D eigenvalue weighted by molar-refractivity contribution is -0.114. The number of nitrogens with one attached hydrogen (secondary N) is 2. The van der Waals surface area contributed by atoms with E-state index in [2.05, 4.69) is 15.6 Å². The molecule has 4 aromatic rings. The van der Waals surface area contributed by atoms with Crippen LogP contribution in [-0.2, 0) is 4.79 Å². The van der Waals surface area contributed by atoms with Gasteiger partial charge in [-0.15, -0.1) is 0 Å². The van der Waals surface area contributed by atoms with Crippen molar-refractivity contribution in [2.75, 3.05) is 10.2 Å². The lowest BCUT2D eigenvalue weighted by Gasteiger charge is -2.26. The average molecular weight is 503 g/mol. The summed E-state index contributed by atoms with van der Waals surface area (Å²) >= 11 is 12.1. The summed E-state index contributed by atoms with van der Waals surface area (Å²) in [5.41, 5.74) is 4.35. The van der Waals surface area contributed by atoms with E-state index < -0.39 is 0 Å². The minimum Gasteiger partial charge on any atom is -0.459 e. The third kappa shape index (κ3) is 4.52. The van der Waals surface area contributed by atoms with Gasteiger partial charge in [-0.3, -0.25) is 9.78 Å². The summed E-state index contributed by atoms with van der Waals surface area (Å²) in [5.74, 6) is 1.36. The molecule has 2 aromatic carbocycles. The highest BCUT2D eigenvalue weighted by Crippen LogP contribution is 2.43. The van der Waals surface area contributed by atoms with Gasteiger partial charge in [0.2, 0.25) is 5.91 Å². The van der Waals surface area contributed by atoms with Crippen molar-refractivity contribution >= 4 is 46.2 Å². The quantitative estimate of drug-likeness (QED) is 0.306. The van der Waals surface area contributed by atoms with Gasteiger partial charge in [0.05, 0.1) is 11.7 Å². The van der Waals surface area contributed by atoms with Crippen molar-refractivity contribution in [3.63, 3.8) is 0 Å². The van der Waals surface area contributed by atoms with Gasteiger partial charge in [0, 0.05) is 35.1 Å². The van der Waals surface area contributed by atoms with Crippen LogP contribution in [0.5, 0.6) is 0 Å². The van der Waals surface area contributed by atoms with Crippen molar-refractivity contribution in [2.24, 2.45) is 0 Å². The summed E-state index contributed by atoms with van der Waals surface area (Å²) in [6.07, 6.45) is 1.77. The van der Waals surface area contributed by atoms with E-state index in [9.17, 15) is 4.79 Å². The summed E-state index contributed by atoms with van der Waals surface area (Å²) in [6.45, 7) is 3.46. The number of carbonyl (C=O) groups excluding carboxylic acids is 1. The molecule has 0 aliphatic carbocycles. The van der Waals surface area contributed by atoms with Gasteiger partial charge in [-0.05, 0) is 79.3 Å². The maximum atomic E-state index is 11.4. The molecule has 0 unspecified atom stereocenters. The van der Waals surface area contributed by atoms with Gasteiger partial charge in [-0.1, -0.05) is 29.8 Å². The van der Waals surface area contributed by atoms with E-state index in [0.717, 1.165) is 34.0 Å². The molecule has 1 amide bonds. The fourth-order valence-corrected chi connectivity index (χ4v) is 4.88.